The molecular formula is C21H28N2O4. The molecule has 0 aliphatic heterocycles. The van der Waals surface area contributed by atoms with Crippen LogP contribution in [0.1, 0.15) is 56.3 Å². The molecule has 6 nitrogen and oxygen atoms in total. The molecular weight excluding hydrogens is 344 g/mol. The number of nitriles is 1. The van der Waals surface area contributed by atoms with Crippen molar-refractivity contribution in [3.8, 4) is 11.8 Å². The van der Waals surface area contributed by atoms with E-state index in [0.29, 0.717) is 36.7 Å². The van der Waals surface area contributed by atoms with E-state index in [1.54, 1.807) is 31.3 Å². The minimum atomic E-state index is -0.781. The Hall–Kier alpha value is -2.55. The van der Waals surface area contributed by atoms with E-state index in [1.165, 1.54) is 4.90 Å². The van der Waals surface area contributed by atoms with Gasteiger partial charge >= 0.3 is 5.97 Å². The van der Waals surface area contributed by atoms with Gasteiger partial charge < -0.3 is 14.4 Å². The smallest absolute Gasteiger partial charge is 0.338 e. The average molecular weight is 372 g/mol. The zero-order chi connectivity index (χ0) is 19.9. The summed E-state index contributed by atoms with van der Waals surface area (Å²) >= 11 is 0. The molecule has 6 heteroatoms. The second kappa shape index (κ2) is 9.40. The highest BCUT2D eigenvalue weighted by Crippen LogP contribution is 2.32. The topological polar surface area (TPSA) is 79.6 Å². The van der Waals surface area contributed by atoms with E-state index in [1.807, 2.05) is 0 Å². The molecule has 146 valence electrons. The van der Waals surface area contributed by atoms with Crippen molar-refractivity contribution in [2.75, 3.05) is 20.3 Å². The SMILES string of the molecule is CC(C)COc1ccc(C(=O)OCC(=O)N(C)C2(C#N)CCCCC2)cc1. The van der Waals surface area contributed by atoms with Crippen molar-refractivity contribution < 1.29 is 19.1 Å². The van der Waals surface area contributed by atoms with Gasteiger partial charge in [-0.3, -0.25) is 4.79 Å². The zero-order valence-corrected chi connectivity index (χ0v) is 16.4. The van der Waals surface area contributed by atoms with E-state index < -0.39 is 11.5 Å². The van der Waals surface area contributed by atoms with E-state index in [0.717, 1.165) is 19.3 Å². The van der Waals surface area contributed by atoms with Crippen LogP contribution in [0.15, 0.2) is 24.3 Å². The van der Waals surface area contributed by atoms with E-state index in [9.17, 15) is 14.9 Å². The van der Waals surface area contributed by atoms with Crippen molar-refractivity contribution >= 4 is 11.9 Å². The molecule has 1 fully saturated rings. The minimum absolute atomic E-state index is 0.356. The number of ether oxygens (including phenoxy) is 2. The molecule has 0 radical (unpaired) electrons. The van der Waals surface area contributed by atoms with Crippen molar-refractivity contribution in [3.05, 3.63) is 29.8 Å². The van der Waals surface area contributed by atoms with E-state index in [2.05, 4.69) is 19.9 Å². The largest absolute Gasteiger partial charge is 0.493 e. The van der Waals surface area contributed by atoms with Gasteiger partial charge in [-0.2, -0.15) is 5.26 Å². The Bertz CT molecular complexity index is 685. The van der Waals surface area contributed by atoms with E-state index >= 15 is 0 Å². The molecule has 0 bridgehead atoms. The molecule has 1 aliphatic carbocycles. The number of likely N-dealkylation sites (N-methyl/N-ethyl adjacent to an activating group) is 1. The van der Waals surface area contributed by atoms with Crippen LogP contribution in [0.5, 0.6) is 5.75 Å². The number of carbonyl (C=O) groups is 2. The van der Waals surface area contributed by atoms with Crippen LogP contribution in [0.2, 0.25) is 0 Å². The van der Waals surface area contributed by atoms with Gasteiger partial charge in [0.05, 0.1) is 18.2 Å². The fourth-order valence-electron chi connectivity index (χ4n) is 3.16. The fraction of sp³-hybridized carbons (Fsp3) is 0.571. The lowest BCUT2D eigenvalue weighted by atomic mass is 9.81. The Morgan fingerprint density at radius 2 is 1.81 bits per heavy atom. The van der Waals surface area contributed by atoms with Crippen LogP contribution < -0.4 is 4.74 Å². The van der Waals surface area contributed by atoms with Crippen molar-refractivity contribution in [1.82, 2.24) is 4.90 Å². The predicted molar refractivity (Wildman–Crippen MR) is 101 cm³/mol. The number of amides is 1. The van der Waals surface area contributed by atoms with Crippen molar-refractivity contribution in [3.63, 3.8) is 0 Å². The monoisotopic (exact) mass is 372 g/mol. The standard InChI is InChI=1S/C21H28N2O4/c1-16(2)13-26-18-9-7-17(8-10-18)20(25)27-14-19(24)23(3)21(15-22)11-5-4-6-12-21/h7-10,16H,4-6,11-14H2,1-3H3. The second-order valence-electron chi connectivity index (χ2n) is 7.46. The lowest BCUT2D eigenvalue weighted by Crippen LogP contribution is -2.51. The summed E-state index contributed by atoms with van der Waals surface area (Å²) in [6, 6.07) is 8.94. The van der Waals surface area contributed by atoms with Gasteiger partial charge in [0.2, 0.25) is 0 Å². The zero-order valence-electron chi connectivity index (χ0n) is 16.4. The summed E-state index contributed by atoms with van der Waals surface area (Å²) in [7, 11) is 1.62. The molecule has 1 saturated carbocycles. The number of nitrogens with zero attached hydrogens (tertiary/aromatic N) is 2. The van der Waals surface area contributed by atoms with Gasteiger partial charge in [0.25, 0.3) is 5.91 Å². The van der Waals surface area contributed by atoms with Crippen molar-refractivity contribution in [2.45, 2.75) is 51.5 Å². The maximum atomic E-state index is 12.4. The number of benzene rings is 1. The summed E-state index contributed by atoms with van der Waals surface area (Å²) in [5, 5.41) is 9.56. The number of carbonyl (C=O) groups excluding carboxylic acids is 2. The lowest BCUT2D eigenvalue weighted by molar-refractivity contribution is -0.138. The fourth-order valence-corrected chi connectivity index (χ4v) is 3.16. The molecule has 0 saturated heterocycles. The highest BCUT2D eigenvalue weighted by molar-refractivity contribution is 5.91. The van der Waals surface area contributed by atoms with Crippen LogP contribution in [0.25, 0.3) is 0 Å². The minimum Gasteiger partial charge on any atom is -0.493 e. The van der Waals surface area contributed by atoms with Gasteiger partial charge in [-0.15, -0.1) is 0 Å². The third kappa shape index (κ3) is 5.46. The van der Waals surface area contributed by atoms with E-state index in [4.69, 9.17) is 9.47 Å². The first kappa shape index (κ1) is 20.8. The summed E-state index contributed by atoms with van der Waals surface area (Å²) < 4.78 is 10.7. The van der Waals surface area contributed by atoms with Crippen LogP contribution in [0.3, 0.4) is 0 Å². The first-order valence-corrected chi connectivity index (χ1v) is 9.46. The van der Waals surface area contributed by atoms with Crippen LogP contribution in [0, 0.1) is 17.2 Å². The van der Waals surface area contributed by atoms with Gasteiger partial charge in [-0.25, -0.2) is 4.79 Å². The Labute approximate surface area is 161 Å². The van der Waals surface area contributed by atoms with Crippen LogP contribution in [-0.2, 0) is 9.53 Å². The number of hydrogen-bond donors (Lipinski definition) is 0. The molecule has 1 aliphatic rings. The van der Waals surface area contributed by atoms with Crippen LogP contribution >= 0.6 is 0 Å². The highest BCUT2D eigenvalue weighted by atomic mass is 16.5. The molecule has 27 heavy (non-hydrogen) atoms. The molecule has 0 aromatic heterocycles. The van der Waals surface area contributed by atoms with Gasteiger partial charge in [0.1, 0.15) is 11.3 Å². The second-order valence-corrected chi connectivity index (χ2v) is 7.46. The number of esters is 1. The molecule has 0 unspecified atom stereocenters. The van der Waals surface area contributed by atoms with Gasteiger partial charge in [-0.1, -0.05) is 33.1 Å². The van der Waals surface area contributed by atoms with Crippen LogP contribution in [-0.4, -0.2) is 42.6 Å². The maximum Gasteiger partial charge on any atom is 0.338 e. The Kier molecular flexibility index (Phi) is 7.23. The summed E-state index contributed by atoms with van der Waals surface area (Å²) in [5.74, 6) is 0.174. The van der Waals surface area contributed by atoms with Crippen LogP contribution in [0.4, 0.5) is 0 Å². The Balaban J connectivity index is 1.88. The molecule has 1 aromatic carbocycles. The summed E-state index contributed by atoms with van der Waals surface area (Å²) in [4.78, 5) is 26.0. The summed E-state index contributed by atoms with van der Waals surface area (Å²) in [6.07, 6.45) is 4.26. The molecule has 0 atom stereocenters. The molecule has 0 N–H and O–H groups in total. The molecule has 2 rings (SSSR count). The third-order valence-corrected chi connectivity index (χ3v) is 4.91. The van der Waals surface area contributed by atoms with Gasteiger partial charge in [0, 0.05) is 7.05 Å². The first-order chi connectivity index (χ1) is 12.9. The number of hydrogen-bond acceptors (Lipinski definition) is 5. The average Bonchev–Trinajstić information content (AvgIpc) is 2.70. The first-order valence-electron chi connectivity index (χ1n) is 9.46. The highest BCUT2D eigenvalue weighted by Gasteiger charge is 2.39. The quantitative estimate of drug-likeness (QED) is 0.684. The molecule has 0 heterocycles. The summed E-state index contributed by atoms with van der Waals surface area (Å²) in [6.45, 7) is 4.35. The molecule has 0 spiro atoms. The summed E-state index contributed by atoms with van der Waals surface area (Å²) in [5.41, 5.74) is -0.424. The van der Waals surface area contributed by atoms with Gasteiger partial charge in [0.15, 0.2) is 6.61 Å². The van der Waals surface area contributed by atoms with Gasteiger partial charge in [-0.05, 0) is 43.0 Å². The third-order valence-electron chi connectivity index (χ3n) is 4.91. The molecule has 1 amide bonds. The maximum absolute atomic E-state index is 12.4. The Morgan fingerprint density at radius 3 is 2.37 bits per heavy atom. The predicted octanol–water partition coefficient (Wildman–Crippen LogP) is 3.56. The lowest BCUT2D eigenvalue weighted by Gasteiger charge is -2.38. The number of rotatable bonds is 7. The normalized spacial score (nSPS) is 15.7. The van der Waals surface area contributed by atoms with Crippen molar-refractivity contribution in [1.29, 1.82) is 5.26 Å². The Morgan fingerprint density at radius 1 is 1.19 bits per heavy atom. The van der Waals surface area contributed by atoms with E-state index in [-0.39, 0.29) is 12.5 Å². The molecule has 1 aromatic rings. The van der Waals surface area contributed by atoms with Crippen molar-refractivity contribution in [2.24, 2.45) is 5.92 Å².